The minimum absolute atomic E-state index is 0.0700. The van der Waals surface area contributed by atoms with Crippen LogP contribution in [-0.4, -0.2) is 43.1 Å². The Kier molecular flexibility index (Phi) is 5.05. The van der Waals surface area contributed by atoms with Crippen LogP contribution in [0.4, 0.5) is 0 Å². The molecule has 0 saturated carbocycles. The number of ether oxygens (including phenoxy) is 1. The van der Waals surface area contributed by atoms with Crippen LogP contribution in [-0.2, 0) is 0 Å². The molecule has 24 heavy (non-hydrogen) atoms. The van der Waals surface area contributed by atoms with E-state index in [0.29, 0.717) is 23.4 Å². The first-order chi connectivity index (χ1) is 11.6. The van der Waals surface area contributed by atoms with Gasteiger partial charge in [0.25, 0.3) is 5.91 Å². The second kappa shape index (κ2) is 7.22. The van der Waals surface area contributed by atoms with Crippen molar-refractivity contribution < 1.29 is 9.53 Å². The van der Waals surface area contributed by atoms with Crippen LogP contribution >= 0.6 is 0 Å². The second-order valence-corrected chi connectivity index (χ2v) is 6.76. The Morgan fingerprint density at radius 2 is 1.88 bits per heavy atom. The summed E-state index contributed by atoms with van der Waals surface area (Å²) in [5.41, 5.74) is 0.659. The van der Waals surface area contributed by atoms with Crippen molar-refractivity contribution in [1.29, 1.82) is 0 Å². The molecule has 1 N–H and O–H groups in total. The molecule has 4 nitrogen and oxygen atoms in total. The number of fused-ring (bicyclic) bond motifs is 1. The van der Waals surface area contributed by atoms with E-state index in [2.05, 4.69) is 19.2 Å². The number of carbonyl (C=O) groups excluding carboxylic acids is 1. The van der Waals surface area contributed by atoms with Crippen molar-refractivity contribution >= 4 is 16.7 Å². The Balaban J connectivity index is 1.80. The summed E-state index contributed by atoms with van der Waals surface area (Å²) >= 11 is 0. The van der Waals surface area contributed by atoms with Crippen LogP contribution in [0.5, 0.6) is 5.75 Å². The highest BCUT2D eigenvalue weighted by Gasteiger charge is 2.26. The quantitative estimate of drug-likeness (QED) is 0.935. The van der Waals surface area contributed by atoms with Gasteiger partial charge in [0, 0.05) is 30.6 Å². The molecule has 0 radical (unpaired) electrons. The molecule has 0 bridgehead atoms. The number of likely N-dealkylation sites (tertiary alicyclic amines) is 1. The number of methoxy groups -OCH3 is 1. The maximum atomic E-state index is 13.0. The van der Waals surface area contributed by atoms with Gasteiger partial charge in [-0.3, -0.25) is 4.79 Å². The van der Waals surface area contributed by atoms with E-state index in [4.69, 9.17) is 4.74 Å². The highest BCUT2D eigenvalue weighted by Crippen LogP contribution is 2.31. The van der Waals surface area contributed by atoms with E-state index in [1.54, 1.807) is 7.11 Å². The predicted molar refractivity (Wildman–Crippen MR) is 97.7 cm³/mol. The van der Waals surface area contributed by atoms with Crippen LogP contribution in [0.1, 0.15) is 37.0 Å². The van der Waals surface area contributed by atoms with Crippen LogP contribution in [0.15, 0.2) is 36.4 Å². The predicted octanol–water partition coefficient (Wildman–Crippen LogP) is 3.45. The molecule has 0 aliphatic carbocycles. The van der Waals surface area contributed by atoms with E-state index in [9.17, 15) is 4.79 Å². The number of nitrogens with one attached hydrogen (secondary N) is 1. The number of benzene rings is 2. The monoisotopic (exact) mass is 326 g/mol. The Morgan fingerprint density at radius 1 is 1.17 bits per heavy atom. The molecule has 2 aromatic carbocycles. The van der Waals surface area contributed by atoms with Gasteiger partial charge in [0.15, 0.2) is 0 Å². The largest absolute Gasteiger partial charge is 0.495 e. The summed E-state index contributed by atoms with van der Waals surface area (Å²) in [6, 6.07) is 12.9. The molecule has 0 unspecified atom stereocenters. The number of nitrogens with zero attached hydrogens (tertiary/aromatic N) is 1. The van der Waals surface area contributed by atoms with E-state index in [1.807, 2.05) is 41.3 Å². The number of piperidine rings is 1. The maximum Gasteiger partial charge on any atom is 0.257 e. The summed E-state index contributed by atoms with van der Waals surface area (Å²) in [5.74, 6) is 0.751. The number of rotatable bonds is 4. The second-order valence-electron chi connectivity index (χ2n) is 6.76. The van der Waals surface area contributed by atoms with Gasteiger partial charge >= 0.3 is 0 Å². The van der Waals surface area contributed by atoms with E-state index in [-0.39, 0.29) is 5.91 Å². The average Bonchev–Trinajstić information content (AvgIpc) is 2.60. The highest BCUT2D eigenvalue weighted by molar-refractivity contribution is 6.03. The molecular weight excluding hydrogens is 300 g/mol. The van der Waals surface area contributed by atoms with Crippen molar-refractivity contribution in [1.82, 2.24) is 10.2 Å². The van der Waals surface area contributed by atoms with Crippen LogP contribution in [0, 0.1) is 0 Å². The third-order valence-electron chi connectivity index (χ3n) is 4.67. The molecule has 0 atom stereocenters. The third kappa shape index (κ3) is 3.39. The molecule has 1 amide bonds. The molecule has 4 heteroatoms. The highest BCUT2D eigenvalue weighted by atomic mass is 16.5. The van der Waals surface area contributed by atoms with E-state index in [1.165, 1.54) is 0 Å². The topological polar surface area (TPSA) is 41.6 Å². The molecular formula is C20H26N2O2. The minimum atomic E-state index is 0.0700. The fourth-order valence-electron chi connectivity index (χ4n) is 3.52. The Bertz CT molecular complexity index is 719. The summed E-state index contributed by atoms with van der Waals surface area (Å²) in [6.45, 7) is 5.91. The summed E-state index contributed by atoms with van der Waals surface area (Å²) in [5, 5.41) is 5.64. The molecule has 0 spiro atoms. The molecule has 3 rings (SSSR count). The van der Waals surface area contributed by atoms with E-state index >= 15 is 0 Å². The molecule has 1 fully saturated rings. The lowest BCUT2D eigenvalue weighted by molar-refractivity contribution is 0.0700. The normalized spacial score (nSPS) is 15.9. The van der Waals surface area contributed by atoms with Gasteiger partial charge in [0.2, 0.25) is 0 Å². The summed E-state index contributed by atoms with van der Waals surface area (Å²) < 4.78 is 5.58. The van der Waals surface area contributed by atoms with Crippen molar-refractivity contribution in [2.45, 2.75) is 38.8 Å². The standard InChI is InChI=1S/C20H26N2O2/c1-14(2)21-16-10-12-22(13-11-16)20(23)18-9-8-15-6-4-5-7-17(15)19(18)24-3/h4-9,14,16,21H,10-13H2,1-3H3. The molecule has 0 aromatic heterocycles. The van der Waals surface area contributed by atoms with Gasteiger partial charge in [-0.2, -0.15) is 0 Å². The van der Waals surface area contributed by atoms with Crippen molar-refractivity contribution in [3.8, 4) is 5.75 Å². The third-order valence-corrected chi connectivity index (χ3v) is 4.67. The van der Waals surface area contributed by atoms with Crippen molar-refractivity contribution in [3.63, 3.8) is 0 Å². The first-order valence-corrected chi connectivity index (χ1v) is 8.71. The first kappa shape index (κ1) is 16.8. The fourth-order valence-corrected chi connectivity index (χ4v) is 3.52. The average molecular weight is 326 g/mol. The van der Waals surface area contributed by atoms with Gasteiger partial charge in [-0.25, -0.2) is 0 Å². The molecule has 1 heterocycles. The van der Waals surface area contributed by atoms with Crippen LogP contribution in [0.2, 0.25) is 0 Å². The van der Waals surface area contributed by atoms with Gasteiger partial charge in [-0.15, -0.1) is 0 Å². The lowest BCUT2D eigenvalue weighted by Crippen LogP contribution is -2.46. The first-order valence-electron chi connectivity index (χ1n) is 8.71. The van der Waals surface area contributed by atoms with Gasteiger partial charge in [-0.05, 0) is 24.3 Å². The zero-order valence-corrected chi connectivity index (χ0v) is 14.7. The van der Waals surface area contributed by atoms with Crippen molar-refractivity contribution in [3.05, 3.63) is 42.0 Å². The van der Waals surface area contributed by atoms with Crippen molar-refractivity contribution in [2.24, 2.45) is 0 Å². The molecule has 1 saturated heterocycles. The fraction of sp³-hybridized carbons (Fsp3) is 0.450. The summed E-state index contributed by atoms with van der Waals surface area (Å²) in [7, 11) is 1.64. The van der Waals surface area contributed by atoms with Gasteiger partial charge in [-0.1, -0.05) is 44.2 Å². The van der Waals surface area contributed by atoms with E-state index in [0.717, 1.165) is 36.7 Å². The smallest absolute Gasteiger partial charge is 0.257 e. The summed E-state index contributed by atoms with van der Waals surface area (Å²) in [4.78, 5) is 14.9. The zero-order valence-electron chi connectivity index (χ0n) is 14.7. The van der Waals surface area contributed by atoms with E-state index < -0.39 is 0 Å². The molecule has 1 aliphatic rings. The Morgan fingerprint density at radius 3 is 2.54 bits per heavy atom. The van der Waals surface area contributed by atoms with Gasteiger partial charge in [0.05, 0.1) is 12.7 Å². The molecule has 1 aliphatic heterocycles. The van der Waals surface area contributed by atoms with Crippen LogP contribution in [0.25, 0.3) is 10.8 Å². The van der Waals surface area contributed by atoms with Crippen molar-refractivity contribution in [2.75, 3.05) is 20.2 Å². The zero-order chi connectivity index (χ0) is 17.1. The number of hydrogen-bond donors (Lipinski definition) is 1. The molecule has 128 valence electrons. The SMILES string of the molecule is COc1c(C(=O)N2CCC(NC(C)C)CC2)ccc2ccccc12. The van der Waals surface area contributed by atoms with Gasteiger partial charge in [0.1, 0.15) is 5.75 Å². The Labute approximate surface area is 143 Å². The lowest BCUT2D eigenvalue weighted by Gasteiger charge is -2.33. The number of amides is 1. The summed E-state index contributed by atoms with van der Waals surface area (Å²) in [6.07, 6.45) is 2.00. The van der Waals surface area contributed by atoms with Crippen LogP contribution in [0.3, 0.4) is 0 Å². The lowest BCUT2D eigenvalue weighted by atomic mass is 10.0. The maximum absolute atomic E-state index is 13.0. The molecule has 2 aromatic rings. The number of carbonyl (C=O) groups is 1. The number of hydrogen-bond acceptors (Lipinski definition) is 3. The minimum Gasteiger partial charge on any atom is -0.495 e. The van der Waals surface area contributed by atoms with Crippen LogP contribution < -0.4 is 10.1 Å². The van der Waals surface area contributed by atoms with Gasteiger partial charge < -0.3 is 15.0 Å². The Hall–Kier alpha value is -2.07.